The molecule has 0 aromatic carbocycles. The van der Waals surface area contributed by atoms with E-state index in [-0.39, 0.29) is 5.41 Å². The molecule has 1 rings (SSSR count). The van der Waals surface area contributed by atoms with Gasteiger partial charge in [-0.1, -0.05) is 42.4 Å². The Hall–Kier alpha value is -0.780. The largest absolute Gasteiger partial charge is 0.0763 e. The van der Waals surface area contributed by atoms with Gasteiger partial charge in [-0.3, -0.25) is 0 Å². The van der Waals surface area contributed by atoms with Crippen LogP contribution in [0.2, 0.25) is 0 Å². The second kappa shape index (κ2) is 3.30. The smallest absolute Gasteiger partial charge is 0.0274 e. The number of allylic oxidation sites excluding steroid dienone is 6. The third-order valence-corrected chi connectivity index (χ3v) is 2.93. The molecule has 0 saturated carbocycles. The Kier molecular flexibility index (Phi) is 2.56. The molecule has 0 heteroatoms. The van der Waals surface area contributed by atoms with Gasteiger partial charge in [-0.15, -0.1) is 0 Å². The van der Waals surface area contributed by atoms with Crippen LogP contribution in [0, 0.1) is 5.41 Å². The van der Waals surface area contributed by atoms with Crippen LogP contribution < -0.4 is 0 Å². The number of hydrogen-bond donors (Lipinski definition) is 0. The van der Waals surface area contributed by atoms with Gasteiger partial charge >= 0.3 is 0 Å². The Balaban J connectivity index is 3.05. The molecule has 0 unspecified atom stereocenters. The van der Waals surface area contributed by atoms with E-state index >= 15 is 0 Å². The molecule has 12 heavy (non-hydrogen) atoms. The standard InChI is InChI=1S/C12H18/c1-5-12(8-6-7-9-12)11(4)10(2)3/h6-9H,5H2,1-4H3. The van der Waals surface area contributed by atoms with Crippen molar-refractivity contribution in [2.75, 3.05) is 0 Å². The van der Waals surface area contributed by atoms with Crippen LogP contribution in [0.4, 0.5) is 0 Å². The highest BCUT2D eigenvalue weighted by Crippen LogP contribution is 2.38. The van der Waals surface area contributed by atoms with E-state index in [9.17, 15) is 0 Å². The van der Waals surface area contributed by atoms with Crippen LogP contribution in [-0.2, 0) is 0 Å². The average Bonchev–Trinajstić information content (AvgIpc) is 2.52. The van der Waals surface area contributed by atoms with Crippen molar-refractivity contribution in [2.24, 2.45) is 5.41 Å². The number of rotatable bonds is 2. The van der Waals surface area contributed by atoms with Crippen molar-refractivity contribution in [2.45, 2.75) is 34.1 Å². The monoisotopic (exact) mass is 162 g/mol. The molecule has 0 N–H and O–H groups in total. The number of hydrogen-bond acceptors (Lipinski definition) is 0. The highest BCUT2D eigenvalue weighted by Gasteiger charge is 2.26. The molecule has 0 heterocycles. The van der Waals surface area contributed by atoms with Crippen LogP contribution in [0.15, 0.2) is 35.5 Å². The molecule has 0 spiro atoms. The van der Waals surface area contributed by atoms with Crippen LogP contribution in [-0.4, -0.2) is 0 Å². The Labute approximate surface area is 75.7 Å². The minimum Gasteiger partial charge on any atom is -0.0763 e. The minimum atomic E-state index is 0.235. The molecule has 0 aromatic rings. The molecular formula is C12H18. The Morgan fingerprint density at radius 2 is 1.58 bits per heavy atom. The molecule has 0 bridgehead atoms. The second-order valence-electron chi connectivity index (χ2n) is 3.74. The van der Waals surface area contributed by atoms with Crippen molar-refractivity contribution < 1.29 is 0 Å². The lowest BCUT2D eigenvalue weighted by Crippen LogP contribution is -2.14. The van der Waals surface area contributed by atoms with Crippen LogP contribution in [0.3, 0.4) is 0 Å². The predicted octanol–water partition coefficient (Wildman–Crippen LogP) is 3.87. The first-order valence-corrected chi connectivity index (χ1v) is 4.64. The lowest BCUT2D eigenvalue weighted by atomic mass is 9.78. The maximum absolute atomic E-state index is 2.30. The van der Waals surface area contributed by atoms with Crippen LogP contribution in [0.25, 0.3) is 0 Å². The molecule has 1 aliphatic rings. The predicted molar refractivity (Wildman–Crippen MR) is 55.1 cm³/mol. The van der Waals surface area contributed by atoms with E-state index in [1.807, 2.05) is 0 Å². The zero-order chi connectivity index (χ0) is 9.19. The van der Waals surface area contributed by atoms with Gasteiger partial charge in [-0.25, -0.2) is 0 Å². The van der Waals surface area contributed by atoms with Gasteiger partial charge in [0.1, 0.15) is 0 Å². The third kappa shape index (κ3) is 1.38. The van der Waals surface area contributed by atoms with Crippen molar-refractivity contribution in [3.63, 3.8) is 0 Å². The van der Waals surface area contributed by atoms with E-state index < -0.39 is 0 Å². The van der Waals surface area contributed by atoms with Gasteiger partial charge in [0.2, 0.25) is 0 Å². The fraction of sp³-hybridized carbons (Fsp3) is 0.500. The van der Waals surface area contributed by atoms with Gasteiger partial charge in [-0.05, 0) is 27.2 Å². The van der Waals surface area contributed by atoms with Gasteiger partial charge in [0.15, 0.2) is 0 Å². The van der Waals surface area contributed by atoms with Gasteiger partial charge < -0.3 is 0 Å². The van der Waals surface area contributed by atoms with E-state index in [4.69, 9.17) is 0 Å². The Morgan fingerprint density at radius 3 is 1.92 bits per heavy atom. The SMILES string of the molecule is CCC1(C(C)=C(C)C)C=CC=C1. The zero-order valence-corrected chi connectivity index (χ0v) is 8.52. The molecule has 0 amide bonds. The maximum Gasteiger partial charge on any atom is 0.0274 e. The topological polar surface area (TPSA) is 0 Å². The first-order valence-electron chi connectivity index (χ1n) is 4.64. The second-order valence-corrected chi connectivity index (χ2v) is 3.74. The van der Waals surface area contributed by atoms with Gasteiger partial charge in [-0.2, -0.15) is 0 Å². The fourth-order valence-corrected chi connectivity index (χ4v) is 1.73. The molecule has 1 aliphatic carbocycles. The summed E-state index contributed by atoms with van der Waals surface area (Å²) < 4.78 is 0. The summed E-state index contributed by atoms with van der Waals surface area (Å²) in [5.74, 6) is 0. The zero-order valence-electron chi connectivity index (χ0n) is 8.52. The lowest BCUT2D eigenvalue weighted by Gasteiger charge is -2.26. The van der Waals surface area contributed by atoms with Crippen molar-refractivity contribution in [1.82, 2.24) is 0 Å². The van der Waals surface area contributed by atoms with Gasteiger partial charge in [0, 0.05) is 5.41 Å². The summed E-state index contributed by atoms with van der Waals surface area (Å²) in [5, 5.41) is 0. The van der Waals surface area contributed by atoms with Crippen molar-refractivity contribution in [1.29, 1.82) is 0 Å². The highest BCUT2D eigenvalue weighted by atomic mass is 14.3. The molecule has 0 saturated heterocycles. The minimum absolute atomic E-state index is 0.235. The summed E-state index contributed by atoms with van der Waals surface area (Å²) in [5.41, 5.74) is 3.17. The van der Waals surface area contributed by atoms with Crippen molar-refractivity contribution in [3.8, 4) is 0 Å². The normalized spacial score (nSPS) is 18.3. The summed E-state index contributed by atoms with van der Waals surface area (Å²) >= 11 is 0. The summed E-state index contributed by atoms with van der Waals surface area (Å²) in [6.07, 6.45) is 10.1. The van der Waals surface area contributed by atoms with Gasteiger partial charge in [0.05, 0.1) is 0 Å². The highest BCUT2D eigenvalue weighted by molar-refractivity contribution is 5.37. The Morgan fingerprint density at radius 1 is 1.08 bits per heavy atom. The average molecular weight is 162 g/mol. The van der Waals surface area contributed by atoms with Crippen LogP contribution >= 0.6 is 0 Å². The van der Waals surface area contributed by atoms with Crippen molar-refractivity contribution >= 4 is 0 Å². The molecule has 0 nitrogen and oxygen atoms in total. The Bertz CT molecular complexity index is 235. The van der Waals surface area contributed by atoms with Crippen LogP contribution in [0.5, 0.6) is 0 Å². The summed E-state index contributed by atoms with van der Waals surface area (Å²) in [6.45, 7) is 8.85. The van der Waals surface area contributed by atoms with E-state index in [1.54, 1.807) is 0 Å². The summed E-state index contributed by atoms with van der Waals surface area (Å²) in [7, 11) is 0. The van der Waals surface area contributed by atoms with Crippen LogP contribution in [0.1, 0.15) is 34.1 Å². The fourth-order valence-electron chi connectivity index (χ4n) is 1.73. The van der Waals surface area contributed by atoms with E-state index in [0.29, 0.717) is 0 Å². The van der Waals surface area contributed by atoms with Crippen molar-refractivity contribution in [3.05, 3.63) is 35.5 Å². The van der Waals surface area contributed by atoms with Gasteiger partial charge in [0.25, 0.3) is 0 Å². The molecule has 0 radical (unpaired) electrons. The quantitative estimate of drug-likeness (QED) is 0.541. The lowest BCUT2D eigenvalue weighted by molar-refractivity contribution is 0.564. The van der Waals surface area contributed by atoms with E-state index in [1.165, 1.54) is 11.1 Å². The van der Waals surface area contributed by atoms with E-state index in [2.05, 4.69) is 52.0 Å². The maximum atomic E-state index is 2.30. The third-order valence-electron chi connectivity index (χ3n) is 2.93. The summed E-state index contributed by atoms with van der Waals surface area (Å²) in [6, 6.07) is 0. The first-order chi connectivity index (χ1) is 5.62. The summed E-state index contributed by atoms with van der Waals surface area (Å²) in [4.78, 5) is 0. The molecular weight excluding hydrogens is 144 g/mol. The molecule has 66 valence electrons. The molecule has 0 atom stereocenters. The molecule has 0 aliphatic heterocycles. The first kappa shape index (κ1) is 9.31. The molecule has 0 fully saturated rings. The molecule has 0 aromatic heterocycles. The van der Waals surface area contributed by atoms with E-state index in [0.717, 1.165) is 6.42 Å².